The summed E-state index contributed by atoms with van der Waals surface area (Å²) >= 11 is 0. The van der Waals surface area contributed by atoms with Gasteiger partial charge < -0.3 is 4.74 Å². The quantitative estimate of drug-likeness (QED) is 0.468. The maximum Gasteiger partial charge on any atom is 0.0465 e. The van der Waals surface area contributed by atoms with E-state index in [4.69, 9.17) is 4.74 Å². The first-order chi connectivity index (χ1) is 11.9. The molecule has 0 heterocycles. The Morgan fingerprint density at radius 2 is 1.25 bits per heavy atom. The van der Waals surface area contributed by atoms with E-state index in [1.165, 1.54) is 21.5 Å². The number of aryl methyl sites for hydroxylation is 1. The fourth-order valence-electron chi connectivity index (χ4n) is 2.93. The molecular weight excluding hydrogens is 311 g/mol. The van der Waals surface area contributed by atoms with Crippen LogP contribution in [-0.2, 0) is 11.2 Å². The van der Waals surface area contributed by atoms with E-state index in [0.717, 1.165) is 19.4 Å². The molecule has 122 valence electrons. The molecule has 24 heavy (non-hydrogen) atoms. The third-order valence-corrected chi connectivity index (χ3v) is 6.60. The summed E-state index contributed by atoms with van der Waals surface area (Å²) in [6, 6.07) is 30.6. The van der Waals surface area contributed by atoms with Crippen LogP contribution in [0.2, 0.25) is 0 Å². The zero-order chi connectivity index (χ0) is 16.6. The fraction of sp³-hybridized carbons (Fsp3) is 0.182. The van der Waals surface area contributed by atoms with E-state index >= 15 is 0 Å². The molecular formula is C22H23OP. The van der Waals surface area contributed by atoms with Gasteiger partial charge in [-0.3, -0.25) is 0 Å². The topological polar surface area (TPSA) is 9.23 Å². The van der Waals surface area contributed by atoms with E-state index in [2.05, 4.69) is 84.9 Å². The van der Waals surface area contributed by atoms with Crippen LogP contribution < -0.4 is 15.9 Å². The number of ether oxygens (including phenoxy) is 1. The van der Waals surface area contributed by atoms with Gasteiger partial charge in [0.25, 0.3) is 0 Å². The summed E-state index contributed by atoms with van der Waals surface area (Å²) in [6.07, 6.45) is 2.11. The summed E-state index contributed by atoms with van der Waals surface area (Å²) in [5.41, 5.74) is 1.44. The predicted octanol–water partition coefficient (Wildman–Crippen LogP) is 4.02. The first-order valence-corrected chi connectivity index (χ1v) is 9.71. The SMILES string of the molecule is COCCCc1ccccc1P(c1ccccc1)c1ccccc1. The van der Waals surface area contributed by atoms with Crippen LogP contribution in [-0.4, -0.2) is 13.7 Å². The monoisotopic (exact) mass is 334 g/mol. The molecule has 0 aliphatic rings. The van der Waals surface area contributed by atoms with Crippen LogP contribution in [0.15, 0.2) is 84.9 Å². The molecule has 0 fully saturated rings. The largest absolute Gasteiger partial charge is 0.385 e. The van der Waals surface area contributed by atoms with E-state index in [1.54, 1.807) is 7.11 Å². The number of benzene rings is 3. The Morgan fingerprint density at radius 1 is 0.708 bits per heavy atom. The predicted molar refractivity (Wildman–Crippen MR) is 105 cm³/mol. The van der Waals surface area contributed by atoms with Gasteiger partial charge in [-0.1, -0.05) is 84.9 Å². The van der Waals surface area contributed by atoms with E-state index in [9.17, 15) is 0 Å². The molecule has 0 aromatic heterocycles. The van der Waals surface area contributed by atoms with Gasteiger partial charge in [0.1, 0.15) is 0 Å². The lowest BCUT2D eigenvalue weighted by Crippen LogP contribution is -2.23. The highest BCUT2D eigenvalue weighted by atomic mass is 31.1. The van der Waals surface area contributed by atoms with Crippen LogP contribution in [0.3, 0.4) is 0 Å². The van der Waals surface area contributed by atoms with Gasteiger partial charge in [0, 0.05) is 13.7 Å². The van der Waals surface area contributed by atoms with E-state index in [1.807, 2.05) is 0 Å². The lowest BCUT2D eigenvalue weighted by atomic mass is 10.1. The molecule has 0 aliphatic heterocycles. The van der Waals surface area contributed by atoms with Crippen LogP contribution >= 0.6 is 7.92 Å². The molecule has 0 radical (unpaired) electrons. The van der Waals surface area contributed by atoms with Gasteiger partial charge in [0.15, 0.2) is 0 Å². The third kappa shape index (κ3) is 4.12. The summed E-state index contributed by atoms with van der Waals surface area (Å²) in [6.45, 7) is 0.808. The van der Waals surface area contributed by atoms with Crippen molar-refractivity contribution in [1.29, 1.82) is 0 Å². The number of hydrogen-bond donors (Lipinski definition) is 0. The maximum atomic E-state index is 5.24. The molecule has 3 aromatic rings. The van der Waals surface area contributed by atoms with E-state index in [-0.39, 0.29) is 0 Å². The number of hydrogen-bond acceptors (Lipinski definition) is 1. The zero-order valence-corrected chi connectivity index (χ0v) is 15.0. The molecule has 0 amide bonds. The van der Waals surface area contributed by atoms with Crippen LogP contribution in [0, 0.1) is 0 Å². The van der Waals surface area contributed by atoms with E-state index < -0.39 is 7.92 Å². The summed E-state index contributed by atoms with van der Waals surface area (Å²) in [7, 11) is 1.24. The Hall–Kier alpha value is -1.95. The Kier molecular flexibility index (Phi) is 6.18. The van der Waals surface area contributed by atoms with Crippen molar-refractivity contribution in [3.05, 3.63) is 90.5 Å². The van der Waals surface area contributed by atoms with Crippen LogP contribution in [0.25, 0.3) is 0 Å². The average molecular weight is 334 g/mol. The van der Waals surface area contributed by atoms with Gasteiger partial charge in [-0.05, 0) is 42.2 Å². The van der Waals surface area contributed by atoms with Gasteiger partial charge in [0.05, 0.1) is 0 Å². The summed E-state index contributed by atoms with van der Waals surface area (Å²) in [4.78, 5) is 0. The molecule has 0 unspecified atom stereocenters. The van der Waals surface area contributed by atoms with Crippen molar-refractivity contribution in [1.82, 2.24) is 0 Å². The number of rotatable bonds is 7. The van der Waals surface area contributed by atoms with Gasteiger partial charge >= 0.3 is 0 Å². The van der Waals surface area contributed by atoms with Crippen molar-refractivity contribution in [3.8, 4) is 0 Å². The van der Waals surface area contributed by atoms with Crippen LogP contribution in [0.1, 0.15) is 12.0 Å². The highest BCUT2D eigenvalue weighted by Crippen LogP contribution is 2.34. The molecule has 0 atom stereocenters. The van der Waals surface area contributed by atoms with Crippen LogP contribution in [0.4, 0.5) is 0 Å². The minimum Gasteiger partial charge on any atom is -0.385 e. The van der Waals surface area contributed by atoms with Gasteiger partial charge in [-0.15, -0.1) is 0 Å². The van der Waals surface area contributed by atoms with Crippen molar-refractivity contribution < 1.29 is 4.74 Å². The Balaban J connectivity index is 2.04. The molecule has 3 rings (SSSR count). The van der Waals surface area contributed by atoms with Crippen molar-refractivity contribution in [2.24, 2.45) is 0 Å². The second-order valence-electron chi connectivity index (χ2n) is 5.73. The Bertz CT molecular complexity index is 701. The van der Waals surface area contributed by atoms with Crippen molar-refractivity contribution >= 4 is 23.8 Å². The van der Waals surface area contributed by atoms with Crippen LogP contribution in [0.5, 0.6) is 0 Å². The number of methoxy groups -OCH3 is 1. The summed E-state index contributed by atoms with van der Waals surface area (Å²) < 4.78 is 5.24. The molecule has 3 aromatic carbocycles. The minimum atomic E-state index is -0.528. The Labute approximate surface area is 146 Å². The highest BCUT2D eigenvalue weighted by molar-refractivity contribution is 7.79. The first kappa shape index (κ1) is 16.9. The van der Waals surface area contributed by atoms with Crippen molar-refractivity contribution in [3.63, 3.8) is 0 Å². The molecule has 0 saturated heterocycles. The normalized spacial score (nSPS) is 10.9. The lowest BCUT2D eigenvalue weighted by Gasteiger charge is -2.22. The average Bonchev–Trinajstić information content (AvgIpc) is 2.65. The maximum absolute atomic E-state index is 5.24. The molecule has 1 nitrogen and oxygen atoms in total. The fourth-order valence-corrected chi connectivity index (χ4v) is 5.43. The second-order valence-corrected chi connectivity index (χ2v) is 7.92. The Morgan fingerprint density at radius 3 is 1.83 bits per heavy atom. The molecule has 0 saturated carbocycles. The van der Waals surface area contributed by atoms with Gasteiger partial charge in [0.2, 0.25) is 0 Å². The molecule has 0 aliphatic carbocycles. The third-order valence-electron chi connectivity index (χ3n) is 4.06. The minimum absolute atomic E-state index is 0.528. The summed E-state index contributed by atoms with van der Waals surface area (Å²) in [5, 5.41) is 4.26. The first-order valence-electron chi connectivity index (χ1n) is 8.37. The second kappa shape index (κ2) is 8.78. The smallest absolute Gasteiger partial charge is 0.0465 e. The van der Waals surface area contributed by atoms with Gasteiger partial charge in [-0.25, -0.2) is 0 Å². The van der Waals surface area contributed by atoms with Gasteiger partial charge in [-0.2, -0.15) is 0 Å². The summed E-state index contributed by atoms with van der Waals surface area (Å²) in [5.74, 6) is 0. The molecule has 0 spiro atoms. The molecule has 0 N–H and O–H groups in total. The lowest BCUT2D eigenvalue weighted by molar-refractivity contribution is 0.195. The van der Waals surface area contributed by atoms with Crippen molar-refractivity contribution in [2.45, 2.75) is 12.8 Å². The van der Waals surface area contributed by atoms with E-state index in [0.29, 0.717) is 0 Å². The highest BCUT2D eigenvalue weighted by Gasteiger charge is 2.18. The standard InChI is InChI=1S/C22H23OP/c1-23-18-10-12-19-11-8-9-17-22(19)24(20-13-4-2-5-14-20)21-15-6-3-7-16-21/h2-9,11,13-17H,10,12,18H2,1H3. The zero-order valence-electron chi connectivity index (χ0n) is 14.1. The molecule has 2 heteroatoms. The van der Waals surface area contributed by atoms with Crippen molar-refractivity contribution in [2.75, 3.05) is 13.7 Å². The molecule has 0 bridgehead atoms.